The van der Waals surface area contributed by atoms with Gasteiger partial charge in [-0.05, 0) is 23.8 Å². The number of hydrogen-bond acceptors (Lipinski definition) is 5. The number of carbonyl (C=O) groups excluding carboxylic acids is 2. The first-order valence-corrected chi connectivity index (χ1v) is 7.47. The van der Waals surface area contributed by atoms with Crippen molar-refractivity contribution in [3.63, 3.8) is 0 Å². The van der Waals surface area contributed by atoms with Crippen LogP contribution in [0.4, 0.5) is 0 Å². The van der Waals surface area contributed by atoms with E-state index in [1.165, 1.54) is 12.0 Å². The minimum Gasteiger partial charge on any atom is -0.468 e. The Morgan fingerprint density at radius 2 is 1.83 bits per heavy atom. The number of carbonyl (C=O) groups is 2. The lowest BCUT2D eigenvalue weighted by Gasteiger charge is -2.21. The number of nitrogens with zero attached hydrogens (tertiary/aromatic N) is 1. The van der Waals surface area contributed by atoms with E-state index in [4.69, 9.17) is 14.2 Å². The molecule has 3 rings (SSSR count). The molecular formula is C18H17NO5. The third-order valence-electron chi connectivity index (χ3n) is 3.67. The summed E-state index contributed by atoms with van der Waals surface area (Å²) < 4.78 is 15.3. The van der Waals surface area contributed by atoms with E-state index in [1.807, 2.05) is 30.3 Å². The van der Waals surface area contributed by atoms with Gasteiger partial charge < -0.3 is 19.1 Å². The molecule has 0 aliphatic carbocycles. The number of fused-ring (bicyclic) bond motifs is 1. The van der Waals surface area contributed by atoms with Crippen LogP contribution < -0.4 is 9.47 Å². The van der Waals surface area contributed by atoms with Crippen LogP contribution in [0.15, 0.2) is 48.5 Å². The van der Waals surface area contributed by atoms with E-state index < -0.39 is 5.97 Å². The molecule has 0 fully saturated rings. The molecule has 1 aliphatic heterocycles. The Morgan fingerprint density at radius 1 is 1.08 bits per heavy atom. The van der Waals surface area contributed by atoms with Crippen molar-refractivity contribution in [1.29, 1.82) is 0 Å². The van der Waals surface area contributed by atoms with Gasteiger partial charge in [-0.2, -0.15) is 0 Å². The molecule has 0 saturated carbocycles. The van der Waals surface area contributed by atoms with E-state index in [-0.39, 0.29) is 19.2 Å². The molecule has 6 nitrogen and oxygen atoms in total. The SMILES string of the molecule is COC(=O)CN(Cc1ccccc1)C(=O)c1ccc2c(c1)OCO2. The van der Waals surface area contributed by atoms with E-state index in [0.717, 1.165) is 5.56 Å². The molecule has 0 spiro atoms. The zero-order chi connectivity index (χ0) is 16.9. The van der Waals surface area contributed by atoms with Crippen molar-refractivity contribution in [3.8, 4) is 11.5 Å². The third-order valence-corrected chi connectivity index (χ3v) is 3.67. The zero-order valence-corrected chi connectivity index (χ0v) is 13.2. The Kier molecular flexibility index (Phi) is 4.65. The largest absolute Gasteiger partial charge is 0.468 e. The maximum atomic E-state index is 12.8. The fourth-order valence-corrected chi connectivity index (χ4v) is 2.44. The standard InChI is InChI=1S/C18H17NO5/c1-22-17(20)11-19(10-13-5-3-2-4-6-13)18(21)14-7-8-15-16(9-14)24-12-23-15/h2-9H,10-12H2,1H3. The Labute approximate surface area is 139 Å². The van der Waals surface area contributed by atoms with Gasteiger partial charge in [0.15, 0.2) is 11.5 Å². The highest BCUT2D eigenvalue weighted by atomic mass is 16.7. The van der Waals surface area contributed by atoms with Crippen LogP contribution in [0.3, 0.4) is 0 Å². The number of benzene rings is 2. The van der Waals surface area contributed by atoms with E-state index in [2.05, 4.69) is 0 Å². The molecule has 24 heavy (non-hydrogen) atoms. The molecule has 0 radical (unpaired) electrons. The first-order valence-electron chi connectivity index (χ1n) is 7.47. The smallest absolute Gasteiger partial charge is 0.325 e. The van der Waals surface area contributed by atoms with E-state index in [0.29, 0.717) is 23.6 Å². The molecule has 2 aromatic carbocycles. The third kappa shape index (κ3) is 3.48. The summed E-state index contributed by atoms with van der Waals surface area (Å²) >= 11 is 0. The molecule has 0 N–H and O–H groups in total. The van der Waals surface area contributed by atoms with Crippen molar-refractivity contribution in [2.24, 2.45) is 0 Å². The van der Waals surface area contributed by atoms with Crippen molar-refractivity contribution in [2.75, 3.05) is 20.4 Å². The minimum absolute atomic E-state index is 0.126. The molecule has 0 bridgehead atoms. The summed E-state index contributed by atoms with van der Waals surface area (Å²) in [5.74, 6) is 0.385. The summed E-state index contributed by atoms with van der Waals surface area (Å²) in [4.78, 5) is 25.9. The van der Waals surface area contributed by atoms with Gasteiger partial charge in [0.25, 0.3) is 5.91 Å². The molecule has 0 saturated heterocycles. The molecule has 1 aliphatic rings. The number of rotatable bonds is 5. The first kappa shape index (κ1) is 15.9. The molecule has 1 heterocycles. The summed E-state index contributed by atoms with van der Waals surface area (Å²) in [6.07, 6.45) is 0. The fourth-order valence-electron chi connectivity index (χ4n) is 2.44. The highest BCUT2D eigenvalue weighted by Gasteiger charge is 2.22. The molecular weight excluding hydrogens is 310 g/mol. The van der Waals surface area contributed by atoms with Gasteiger partial charge in [-0.3, -0.25) is 9.59 Å². The Hall–Kier alpha value is -3.02. The van der Waals surface area contributed by atoms with Crippen LogP contribution in [-0.4, -0.2) is 37.2 Å². The van der Waals surface area contributed by atoms with Crippen LogP contribution in [0.2, 0.25) is 0 Å². The number of esters is 1. The summed E-state index contributed by atoms with van der Waals surface area (Å²) in [5, 5.41) is 0. The number of amides is 1. The van der Waals surface area contributed by atoms with Crippen molar-refractivity contribution in [2.45, 2.75) is 6.54 Å². The zero-order valence-electron chi connectivity index (χ0n) is 13.2. The average molecular weight is 327 g/mol. The van der Waals surface area contributed by atoms with Gasteiger partial charge in [0.1, 0.15) is 6.54 Å². The van der Waals surface area contributed by atoms with Crippen LogP contribution in [0, 0.1) is 0 Å². The van der Waals surface area contributed by atoms with Crippen LogP contribution in [0.1, 0.15) is 15.9 Å². The predicted molar refractivity (Wildman–Crippen MR) is 85.8 cm³/mol. The maximum Gasteiger partial charge on any atom is 0.325 e. The Bertz CT molecular complexity index is 744. The molecule has 124 valence electrons. The van der Waals surface area contributed by atoms with Crippen LogP contribution >= 0.6 is 0 Å². The monoisotopic (exact) mass is 327 g/mol. The average Bonchev–Trinajstić information content (AvgIpc) is 3.09. The summed E-state index contributed by atoms with van der Waals surface area (Å²) in [6.45, 7) is 0.324. The topological polar surface area (TPSA) is 65.1 Å². The van der Waals surface area contributed by atoms with Crippen LogP contribution in [-0.2, 0) is 16.1 Å². The number of hydrogen-bond donors (Lipinski definition) is 0. The lowest BCUT2D eigenvalue weighted by atomic mass is 10.1. The number of methoxy groups -OCH3 is 1. The van der Waals surface area contributed by atoms with Gasteiger partial charge in [-0.15, -0.1) is 0 Å². The first-order chi connectivity index (χ1) is 11.7. The van der Waals surface area contributed by atoms with E-state index in [1.54, 1.807) is 18.2 Å². The summed E-state index contributed by atoms with van der Waals surface area (Å²) in [5.41, 5.74) is 1.36. The van der Waals surface area contributed by atoms with Crippen molar-refractivity contribution in [3.05, 3.63) is 59.7 Å². The second kappa shape index (κ2) is 7.04. The highest BCUT2D eigenvalue weighted by molar-refractivity contribution is 5.96. The van der Waals surface area contributed by atoms with Gasteiger partial charge >= 0.3 is 5.97 Å². The number of ether oxygens (including phenoxy) is 3. The van der Waals surface area contributed by atoms with E-state index in [9.17, 15) is 9.59 Å². The molecule has 0 unspecified atom stereocenters. The molecule has 6 heteroatoms. The van der Waals surface area contributed by atoms with Crippen molar-refractivity contribution in [1.82, 2.24) is 4.90 Å². The van der Waals surface area contributed by atoms with Crippen molar-refractivity contribution < 1.29 is 23.8 Å². The quantitative estimate of drug-likeness (QED) is 0.788. The molecule has 1 amide bonds. The predicted octanol–water partition coefficient (Wildman–Crippen LogP) is 2.23. The molecule has 0 aromatic heterocycles. The lowest BCUT2D eigenvalue weighted by molar-refractivity contribution is -0.141. The van der Waals surface area contributed by atoms with Gasteiger partial charge in [0.05, 0.1) is 7.11 Å². The van der Waals surface area contributed by atoms with E-state index >= 15 is 0 Å². The normalized spacial score (nSPS) is 11.9. The van der Waals surface area contributed by atoms with Gasteiger partial charge in [-0.25, -0.2) is 0 Å². The molecule has 2 aromatic rings. The van der Waals surface area contributed by atoms with Gasteiger partial charge in [-0.1, -0.05) is 30.3 Å². The summed E-state index contributed by atoms with van der Waals surface area (Å²) in [7, 11) is 1.30. The Balaban J connectivity index is 1.83. The highest BCUT2D eigenvalue weighted by Crippen LogP contribution is 2.32. The van der Waals surface area contributed by atoms with Gasteiger partial charge in [0.2, 0.25) is 6.79 Å². The second-order valence-corrected chi connectivity index (χ2v) is 5.29. The van der Waals surface area contributed by atoms with Crippen LogP contribution in [0.25, 0.3) is 0 Å². The van der Waals surface area contributed by atoms with Crippen LogP contribution in [0.5, 0.6) is 11.5 Å². The second-order valence-electron chi connectivity index (χ2n) is 5.29. The maximum absolute atomic E-state index is 12.8. The lowest BCUT2D eigenvalue weighted by Crippen LogP contribution is -2.35. The Morgan fingerprint density at radius 3 is 2.58 bits per heavy atom. The van der Waals surface area contributed by atoms with Gasteiger partial charge in [0, 0.05) is 12.1 Å². The fraction of sp³-hybridized carbons (Fsp3) is 0.222. The molecule has 0 atom stereocenters. The summed E-state index contributed by atoms with van der Waals surface area (Å²) in [6, 6.07) is 14.4. The van der Waals surface area contributed by atoms with Crippen molar-refractivity contribution >= 4 is 11.9 Å². The minimum atomic E-state index is -0.472.